The first-order valence-electron chi connectivity index (χ1n) is 4.27. The monoisotopic (exact) mass is 203 g/mol. The minimum absolute atomic E-state index is 0.0247. The Morgan fingerprint density at radius 1 is 1.20 bits per heavy atom. The summed E-state index contributed by atoms with van der Waals surface area (Å²) in [6, 6.07) is 7.02. The second kappa shape index (κ2) is 6.11. The zero-order valence-corrected chi connectivity index (χ0v) is 8.39. The van der Waals surface area contributed by atoms with Crippen LogP contribution in [0.4, 0.5) is 5.69 Å². The third-order valence-corrected chi connectivity index (χ3v) is 1.45. The summed E-state index contributed by atoms with van der Waals surface area (Å²) in [5.74, 6) is 0. The Bertz CT molecular complexity index is 441. The normalized spacial score (nSPS) is 7.73. The fraction of sp³-hybridized carbons (Fsp3) is 0.200. The van der Waals surface area contributed by atoms with Crippen LogP contribution < -0.4 is 0 Å². The van der Waals surface area contributed by atoms with Gasteiger partial charge in [-0.2, -0.15) is 10.5 Å². The molecule has 0 aliphatic carbocycles. The molecule has 0 fully saturated rings. The molecule has 0 heterocycles. The van der Waals surface area contributed by atoms with E-state index in [9.17, 15) is 10.1 Å². The van der Waals surface area contributed by atoms with Crippen LogP contribution in [0.1, 0.15) is 25.0 Å². The molecule has 1 aromatic carbocycles. The zero-order valence-electron chi connectivity index (χ0n) is 8.39. The van der Waals surface area contributed by atoms with E-state index in [0.29, 0.717) is 0 Å². The molecular formula is C10H9N3O2. The lowest BCUT2D eigenvalue weighted by molar-refractivity contribution is -0.384. The first kappa shape index (κ1) is 12.6. The Morgan fingerprint density at radius 3 is 2.13 bits per heavy atom. The first-order chi connectivity index (χ1) is 7.19. The van der Waals surface area contributed by atoms with Gasteiger partial charge in [0.15, 0.2) is 0 Å². The summed E-state index contributed by atoms with van der Waals surface area (Å²) in [7, 11) is 0. The SMILES string of the molecule is CC.N#Cc1ccc([N+](=O)[O-])cc1C#N. The summed E-state index contributed by atoms with van der Waals surface area (Å²) in [6.45, 7) is 4.00. The largest absolute Gasteiger partial charge is 0.270 e. The molecule has 0 bridgehead atoms. The molecule has 76 valence electrons. The van der Waals surface area contributed by atoms with Gasteiger partial charge in [0, 0.05) is 12.1 Å². The smallest absolute Gasteiger partial charge is 0.258 e. The van der Waals surface area contributed by atoms with Crippen molar-refractivity contribution in [1.29, 1.82) is 10.5 Å². The Labute approximate surface area is 87.3 Å². The van der Waals surface area contributed by atoms with E-state index in [1.165, 1.54) is 12.1 Å². The average Bonchev–Trinajstić information content (AvgIpc) is 2.30. The number of non-ortho nitro benzene ring substituents is 1. The maximum absolute atomic E-state index is 10.3. The van der Waals surface area contributed by atoms with E-state index in [1.54, 1.807) is 12.1 Å². The number of rotatable bonds is 1. The Kier molecular flexibility index (Phi) is 5.14. The lowest BCUT2D eigenvalue weighted by atomic mass is 10.1. The highest BCUT2D eigenvalue weighted by Crippen LogP contribution is 2.16. The van der Waals surface area contributed by atoms with Crippen molar-refractivity contribution in [2.45, 2.75) is 13.8 Å². The highest BCUT2D eigenvalue weighted by molar-refractivity contribution is 5.51. The molecule has 0 amide bonds. The van der Waals surface area contributed by atoms with E-state index in [2.05, 4.69) is 0 Å². The van der Waals surface area contributed by atoms with Gasteiger partial charge < -0.3 is 0 Å². The Hall–Kier alpha value is -2.40. The van der Waals surface area contributed by atoms with Crippen molar-refractivity contribution in [2.75, 3.05) is 0 Å². The third-order valence-electron chi connectivity index (χ3n) is 1.45. The molecule has 0 saturated carbocycles. The van der Waals surface area contributed by atoms with Gasteiger partial charge in [-0.05, 0) is 6.07 Å². The van der Waals surface area contributed by atoms with Crippen LogP contribution in [0.15, 0.2) is 18.2 Å². The van der Waals surface area contributed by atoms with Gasteiger partial charge in [-0.1, -0.05) is 13.8 Å². The predicted molar refractivity (Wildman–Crippen MR) is 53.9 cm³/mol. The lowest BCUT2D eigenvalue weighted by Gasteiger charge is -1.93. The fourth-order valence-corrected chi connectivity index (χ4v) is 0.836. The number of benzene rings is 1. The van der Waals surface area contributed by atoms with E-state index in [-0.39, 0.29) is 16.8 Å². The van der Waals surface area contributed by atoms with Crippen molar-refractivity contribution < 1.29 is 4.92 Å². The molecule has 0 unspecified atom stereocenters. The molecule has 1 aromatic rings. The van der Waals surface area contributed by atoms with Gasteiger partial charge in [-0.25, -0.2) is 0 Å². The standard InChI is InChI=1S/C8H3N3O2.C2H6/c9-4-6-1-2-8(11(12)13)3-7(6)5-10;1-2/h1-3H;1-2H3. The van der Waals surface area contributed by atoms with E-state index < -0.39 is 4.92 Å². The van der Waals surface area contributed by atoms with Crippen molar-refractivity contribution in [2.24, 2.45) is 0 Å². The molecule has 0 atom stereocenters. The summed E-state index contributed by atoms with van der Waals surface area (Å²) in [4.78, 5) is 9.67. The van der Waals surface area contributed by atoms with Gasteiger partial charge in [0.2, 0.25) is 0 Å². The molecule has 0 radical (unpaired) electrons. The second-order valence-corrected chi connectivity index (χ2v) is 2.21. The number of nitro groups is 1. The highest BCUT2D eigenvalue weighted by Gasteiger charge is 2.09. The highest BCUT2D eigenvalue weighted by atomic mass is 16.6. The minimum atomic E-state index is -0.609. The summed E-state index contributed by atoms with van der Waals surface area (Å²) in [5.41, 5.74) is -0.0136. The molecule has 0 N–H and O–H groups in total. The molecule has 0 spiro atoms. The van der Waals surface area contributed by atoms with E-state index in [4.69, 9.17) is 10.5 Å². The average molecular weight is 203 g/mol. The molecule has 15 heavy (non-hydrogen) atoms. The van der Waals surface area contributed by atoms with E-state index in [0.717, 1.165) is 6.07 Å². The molecule has 5 heteroatoms. The number of nitrogens with zero attached hydrogens (tertiary/aromatic N) is 3. The maximum Gasteiger partial charge on any atom is 0.270 e. The van der Waals surface area contributed by atoms with Crippen LogP contribution in [0.2, 0.25) is 0 Å². The second-order valence-electron chi connectivity index (χ2n) is 2.21. The molecule has 0 aliphatic heterocycles. The summed E-state index contributed by atoms with van der Waals surface area (Å²) >= 11 is 0. The van der Waals surface area contributed by atoms with Crippen LogP contribution in [-0.2, 0) is 0 Å². The maximum atomic E-state index is 10.3. The molecule has 0 aromatic heterocycles. The van der Waals surface area contributed by atoms with Gasteiger partial charge in [0.25, 0.3) is 5.69 Å². The third kappa shape index (κ3) is 3.09. The van der Waals surface area contributed by atoms with Crippen LogP contribution in [0, 0.1) is 32.8 Å². The fourth-order valence-electron chi connectivity index (χ4n) is 0.836. The Balaban J connectivity index is 0.000000921. The molecule has 5 nitrogen and oxygen atoms in total. The minimum Gasteiger partial charge on any atom is -0.258 e. The number of nitriles is 2. The van der Waals surface area contributed by atoms with E-state index in [1.807, 2.05) is 13.8 Å². The van der Waals surface area contributed by atoms with E-state index >= 15 is 0 Å². The van der Waals surface area contributed by atoms with Gasteiger partial charge in [-0.3, -0.25) is 10.1 Å². The van der Waals surface area contributed by atoms with Crippen molar-refractivity contribution in [3.05, 3.63) is 39.4 Å². The van der Waals surface area contributed by atoms with Gasteiger partial charge in [0.1, 0.15) is 12.1 Å². The van der Waals surface area contributed by atoms with Gasteiger partial charge in [-0.15, -0.1) is 0 Å². The predicted octanol–water partition coefficient (Wildman–Crippen LogP) is 2.36. The summed E-state index contributed by atoms with van der Waals surface area (Å²) in [6.07, 6.45) is 0. The van der Waals surface area contributed by atoms with Crippen molar-refractivity contribution in [3.63, 3.8) is 0 Å². The number of hydrogen-bond acceptors (Lipinski definition) is 4. The zero-order chi connectivity index (χ0) is 11.8. The molecule has 1 rings (SSSR count). The quantitative estimate of drug-likeness (QED) is 0.517. The van der Waals surface area contributed by atoms with Crippen molar-refractivity contribution in [1.82, 2.24) is 0 Å². The van der Waals surface area contributed by atoms with Crippen LogP contribution in [0.5, 0.6) is 0 Å². The van der Waals surface area contributed by atoms with Crippen molar-refractivity contribution in [3.8, 4) is 12.1 Å². The first-order valence-corrected chi connectivity index (χ1v) is 4.27. The summed E-state index contributed by atoms with van der Waals surface area (Å²) in [5, 5.41) is 27.3. The Morgan fingerprint density at radius 2 is 1.73 bits per heavy atom. The van der Waals surface area contributed by atoms with Crippen molar-refractivity contribution >= 4 is 5.69 Å². The lowest BCUT2D eigenvalue weighted by Crippen LogP contribution is -1.90. The number of hydrogen-bond donors (Lipinski definition) is 0. The molecular weight excluding hydrogens is 194 g/mol. The van der Waals surface area contributed by atoms with Crippen LogP contribution in [-0.4, -0.2) is 4.92 Å². The summed E-state index contributed by atoms with van der Waals surface area (Å²) < 4.78 is 0. The van der Waals surface area contributed by atoms with Crippen LogP contribution in [0.25, 0.3) is 0 Å². The van der Waals surface area contributed by atoms with Gasteiger partial charge in [0.05, 0.1) is 16.1 Å². The molecule has 0 saturated heterocycles. The van der Waals surface area contributed by atoms with Gasteiger partial charge >= 0.3 is 0 Å². The van der Waals surface area contributed by atoms with Crippen LogP contribution in [0.3, 0.4) is 0 Å². The molecule has 0 aliphatic rings. The number of nitro benzene ring substituents is 1. The topological polar surface area (TPSA) is 90.7 Å². The van der Waals surface area contributed by atoms with Crippen LogP contribution >= 0.6 is 0 Å².